The molecule has 0 spiro atoms. The molecule has 0 fully saturated rings. The number of alkyl halides is 1. The summed E-state index contributed by atoms with van der Waals surface area (Å²) in [5.41, 5.74) is -2.22. The van der Waals surface area contributed by atoms with Crippen molar-refractivity contribution < 1.29 is 28.9 Å². The van der Waals surface area contributed by atoms with Crippen LogP contribution in [0.3, 0.4) is 0 Å². The molecular formula is C16H29BrO6. The van der Waals surface area contributed by atoms with Crippen molar-refractivity contribution >= 4 is 27.9 Å². The van der Waals surface area contributed by atoms with Crippen molar-refractivity contribution in [2.24, 2.45) is 0 Å². The van der Waals surface area contributed by atoms with Crippen LogP contribution in [-0.4, -0.2) is 54.4 Å². The highest BCUT2D eigenvalue weighted by Gasteiger charge is 2.28. The maximum atomic E-state index is 11.0. The van der Waals surface area contributed by atoms with Gasteiger partial charge in [-0.2, -0.15) is 0 Å². The van der Waals surface area contributed by atoms with E-state index in [1.807, 2.05) is 0 Å². The van der Waals surface area contributed by atoms with E-state index in [-0.39, 0.29) is 5.97 Å². The van der Waals surface area contributed by atoms with Crippen molar-refractivity contribution in [2.75, 3.05) is 26.2 Å². The van der Waals surface area contributed by atoms with Crippen LogP contribution in [0, 0.1) is 0 Å². The number of methoxy groups -OCH3 is 2. The zero-order chi connectivity index (χ0) is 19.1. The van der Waals surface area contributed by atoms with Gasteiger partial charge >= 0.3 is 11.9 Å². The Balaban J connectivity index is -0.000000292. The minimum Gasteiger partial charge on any atom is -0.467 e. The first-order valence-electron chi connectivity index (χ1n) is 6.75. The molecule has 0 aromatic heterocycles. The van der Waals surface area contributed by atoms with E-state index in [0.29, 0.717) is 6.61 Å². The van der Waals surface area contributed by atoms with E-state index in [9.17, 15) is 9.59 Å². The Labute approximate surface area is 147 Å². The summed E-state index contributed by atoms with van der Waals surface area (Å²) in [6.07, 6.45) is 3.38. The number of carbonyl (C=O) groups excluding carboxylic acids is 2. The molecule has 0 amide bonds. The van der Waals surface area contributed by atoms with E-state index in [1.54, 1.807) is 26.0 Å². The number of allylic oxidation sites excluding steroid dienone is 1. The molecule has 0 saturated heterocycles. The van der Waals surface area contributed by atoms with Gasteiger partial charge in [0.1, 0.15) is 0 Å². The number of carbonyl (C=O) groups is 2. The van der Waals surface area contributed by atoms with Gasteiger partial charge in [0.05, 0.1) is 20.8 Å². The number of rotatable bonds is 6. The SMILES string of the molecule is C=CCBr.C=CCOC(C)(C)C(=O)OC.COC(=O)C(C)(C)O. The van der Waals surface area contributed by atoms with Crippen LogP contribution in [0.15, 0.2) is 25.3 Å². The molecule has 0 aliphatic heterocycles. The van der Waals surface area contributed by atoms with Crippen LogP contribution in [0.1, 0.15) is 27.7 Å². The largest absolute Gasteiger partial charge is 0.467 e. The molecule has 7 heteroatoms. The van der Waals surface area contributed by atoms with E-state index in [0.717, 1.165) is 5.33 Å². The molecule has 1 N–H and O–H groups in total. The lowest BCUT2D eigenvalue weighted by atomic mass is 10.1. The quantitative estimate of drug-likeness (QED) is 0.422. The Kier molecular flexibility index (Phi) is 16.7. The smallest absolute Gasteiger partial charge is 0.337 e. The second-order valence-corrected chi connectivity index (χ2v) is 5.74. The normalized spacial score (nSPS) is 10.1. The summed E-state index contributed by atoms with van der Waals surface area (Å²) in [6.45, 7) is 13.3. The summed E-state index contributed by atoms with van der Waals surface area (Å²) in [5.74, 6) is -0.989. The highest BCUT2D eigenvalue weighted by Crippen LogP contribution is 2.10. The van der Waals surface area contributed by atoms with Crippen molar-refractivity contribution in [3.8, 4) is 0 Å². The van der Waals surface area contributed by atoms with Crippen molar-refractivity contribution in [3.63, 3.8) is 0 Å². The van der Waals surface area contributed by atoms with Gasteiger partial charge in [0.25, 0.3) is 0 Å². The fourth-order valence-corrected chi connectivity index (χ4v) is 0.822. The first kappa shape index (κ1) is 26.7. The Morgan fingerprint density at radius 3 is 1.61 bits per heavy atom. The van der Waals surface area contributed by atoms with Crippen LogP contribution >= 0.6 is 15.9 Å². The minimum atomic E-state index is -1.35. The summed E-state index contributed by atoms with van der Waals surface area (Å²) < 4.78 is 13.9. The average molecular weight is 397 g/mol. The van der Waals surface area contributed by atoms with Crippen molar-refractivity contribution in [1.82, 2.24) is 0 Å². The van der Waals surface area contributed by atoms with Crippen LogP contribution in [-0.2, 0) is 23.8 Å². The van der Waals surface area contributed by atoms with Gasteiger partial charge in [-0.3, -0.25) is 0 Å². The Morgan fingerprint density at radius 2 is 1.43 bits per heavy atom. The van der Waals surface area contributed by atoms with E-state index in [4.69, 9.17) is 9.84 Å². The van der Waals surface area contributed by atoms with Gasteiger partial charge in [0.15, 0.2) is 11.2 Å². The van der Waals surface area contributed by atoms with Crippen molar-refractivity contribution in [3.05, 3.63) is 25.3 Å². The monoisotopic (exact) mass is 396 g/mol. The van der Waals surface area contributed by atoms with Gasteiger partial charge in [0, 0.05) is 5.33 Å². The zero-order valence-electron chi connectivity index (χ0n) is 14.8. The molecule has 23 heavy (non-hydrogen) atoms. The molecule has 0 aliphatic rings. The summed E-state index contributed by atoms with van der Waals surface area (Å²) in [7, 11) is 2.57. The second-order valence-electron chi connectivity index (χ2n) is 5.10. The number of halogens is 1. The standard InChI is InChI=1S/C8H14O3.C5H10O3.C3H5Br/c1-5-6-11-8(2,3)7(9)10-4;1-5(2,7)4(6)8-3;1-2-3-4/h5H,1,6H2,2-4H3;7H,1-3H3;2H,1,3H2. The van der Waals surface area contributed by atoms with Gasteiger partial charge in [0.2, 0.25) is 0 Å². The maximum Gasteiger partial charge on any atom is 0.337 e. The van der Waals surface area contributed by atoms with Gasteiger partial charge in [-0.25, -0.2) is 9.59 Å². The molecule has 0 radical (unpaired) electrons. The molecule has 0 aliphatic carbocycles. The number of esters is 2. The third-order valence-electron chi connectivity index (χ3n) is 2.03. The zero-order valence-corrected chi connectivity index (χ0v) is 16.4. The summed E-state index contributed by atoms with van der Waals surface area (Å²) in [6, 6.07) is 0. The van der Waals surface area contributed by atoms with Crippen LogP contribution in [0.4, 0.5) is 0 Å². The molecule has 0 heterocycles. The molecular weight excluding hydrogens is 368 g/mol. The topological polar surface area (TPSA) is 82.1 Å². The lowest BCUT2D eigenvalue weighted by molar-refractivity contribution is -0.163. The first-order chi connectivity index (χ1) is 10.4. The van der Waals surface area contributed by atoms with Crippen LogP contribution in [0.5, 0.6) is 0 Å². The molecule has 0 unspecified atom stereocenters. The molecule has 136 valence electrons. The van der Waals surface area contributed by atoms with Gasteiger partial charge in [-0.05, 0) is 27.7 Å². The highest BCUT2D eigenvalue weighted by molar-refractivity contribution is 9.09. The Morgan fingerprint density at radius 1 is 1.04 bits per heavy atom. The Bertz CT molecular complexity index is 358. The molecule has 0 aromatic rings. The molecule has 0 rings (SSSR count). The number of hydrogen-bond donors (Lipinski definition) is 1. The number of hydrogen-bond acceptors (Lipinski definition) is 6. The third-order valence-corrected chi connectivity index (χ3v) is 2.49. The lowest BCUT2D eigenvalue weighted by Gasteiger charge is -2.20. The number of ether oxygens (including phenoxy) is 3. The molecule has 0 saturated carbocycles. The van der Waals surface area contributed by atoms with Crippen LogP contribution < -0.4 is 0 Å². The summed E-state index contributed by atoms with van der Waals surface area (Å²) >= 11 is 3.13. The Hall–Kier alpha value is -1.18. The maximum absolute atomic E-state index is 11.0. The van der Waals surface area contributed by atoms with E-state index < -0.39 is 17.2 Å². The van der Waals surface area contributed by atoms with Crippen molar-refractivity contribution in [2.45, 2.75) is 38.9 Å². The fraction of sp³-hybridized carbons (Fsp3) is 0.625. The lowest BCUT2D eigenvalue weighted by Crippen LogP contribution is -2.36. The van der Waals surface area contributed by atoms with E-state index in [2.05, 4.69) is 38.6 Å². The summed E-state index contributed by atoms with van der Waals surface area (Å²) in [5, 5.41) is 9.71. The van der Waals surface area contributed by atoms with Gasteiger partial charge in [-0.15, -0.1) is 13.2 Å². The number of aliphatic hydroxyl groups is 1. The van der Waals surface area contributed by atoms with Crippen LogP contribution in [0.2, 0.25) is 0 Å². The van der Waals surface area contributed by atoms with E-state index >= 15 is 0 Å². The van der Waals surface area contributed by atoms with Crippen LogP contribution in [0.25, 0.3) is 0 Å². The predicted molar refractivity (Wildman–Crippen MR) is 94.5 cm³/mol. The molecule has 6 nitrogen and oxygen atoms in total. The molecule has 0 aromatic carbocycles. The fourth-order valence-electron chi connectivity index (χ4n) is 0.822. The van der Waals surface area contributed by atoms with Gasteiger partial charge < -0.3 is 19.3 Å². The molecule has 0 atom stereocenters. The average Bonchev–Trinajstić information content (AvgIpc) is 2.51. The third kappa shape index (κ3) is 17.0. The van der Waals surface area contributed by atoms with Gasteiger partial charge in [-0.1, -0.05) is 28.1 Å². The second kappa shape index (κ2) is 14.4. The predicted octanol–water partition coefficient (Wildman–Crippen LogP) is 2.64. The van der Waals surface area contributed by atoms with Crippen molar-refractivity contribution in [1.29, 1.82) is 0 Å². The molecule has 0 bridgehead atoms. The van der Waals surface area contributed by atoms with E-state index in [1.165, 1.54) is 28.1 Å². The first-order valence-corrected chi connectivity index (χ1v) is 7.87. The summed E-state index contributed by atoms with van der Waals surface area (Å²) in [4.78, 5) is 21.3. The minimum absolute atomic E-state index is 0.349. The highest BCUT2D eigenvalue weighted by atomic mass is 79.9.